The molecule has 1 aromatic heterocycles. The summed E-state index contributed by atoms with van der Waals surface area (Å²) in [6.07, 6.45) is 1.87. The summed E-state index contributed by atoms with van der Waals surface area (Å²) in [6.45, 7) is 3.03. The van der Waals surface area contributed by atoms with Gasteiger partial charge in [-0.15, -0.1) is 0 Å². The molecule has 25 heavy (non-hydrogen) atoms. The summed E-state index contributed by atoms with van der Waals surface area (Å²) >= 11 is 0. The maximum absolute atomic E-state index is 14.2. The minimum absolute atomic E-state index is 0.0516. The predicted molar refractivity (Wildman–Crippen MR) is 89.4 cm³/mol. The van der Waals surface area contributed by atoms with Gasteiger partial charge in [0.25, 0.3) is 0 Å². The van der Waals surface area contributed by atoms with E-state index in [1.165, 1.54) is 6.07 Å². The Kier molecular flexibility index (Phi) is 4.98. The average Bonchev–Trinajstić information content (AvgIpc) is 2.99. The second kappa shape index (κ2) is 7.34. The number of aryl methyl sites for hydroxylation is 1. The molecular weight excluding hydrogens is 323 g/mol. The number of piperidine rings is 1. The zero-order chi connectivity index (χ0) is 17.8. The quantitative estimate of drug-likeness (QED) is 0.922. The van der Waals surface area contributed by atoms with Crippen LogP contribution in [0.4, 0.5) is 10.1 Å². The summed E-state index contributed by atoms with van der Waals surface area (Å²) in [5.74, 6) is 0.132. The zero-order valence-corrected chi connectivity index (χ0v) is 14.0. The van der Waals surface area contributed by atoms with Crippen molar-refractivity contribution in [3.63, 3.8) is 0 Å². The number of nitriles is 1. The van der Waals surface area contributed by atoms with Crippen LogP contribution in [0.1, 0.15) is 29.9 Å². The van der Waals surface area contributed by atoms with E-state index >= 15 is 0 Å². The largest absolute Gasteiger partial charge is 0.367 e. The number of carbonyl (C=O) groups excluding carboxylic acids is 1. The van der Waals surface area contributed by atoms with E-state index in [9.17, 15) is 9.18 Å². The molecule has 6 nitrogen and oxygen atoms in total. The number of anilines is 1. The van der Waals surface area contributed by atoms with Crippen LogP contribution < -0.4 is 10.2 Å². The molecule has 1 amide bonds. The smallest absolute Gasteiger partial charge is 0.226 e. The number of hydrogen-bond donors (Lipinski definition) is 1. The predicted octanol–water partition coefficient (Wildman–Crippen LogP) is 2.32. The Hall–Kier alpha value is -2.88. The molecule has 0 spiro atoms. The van der Waals surface area contributed by atoms with Gasteiger partial charge in [-0.05, 0) is 38.0 Å². The van der Waals surface area contributed by atoms with Crippen molar-refractivity contribution in [3.05, 3.63) is 47.1 Å². The van der Waals surface area contributed by atoms with Crippen molar-refractivity contribution in [2.75, 3.05) is 18.0 Å². The molecule has 1 N–H and O–H groups in total. The highest BCUT2D eigenvalue weighted by Gasteiger charge is 2.23. The van der Waals surface area contributed by atoms with Crippen LogP contribution in [0.2, 0.25) is 0 Å². The molecule has 0 bridgehead atoms. The summed E-state index contributed by atoms with van der Waals surface area (Å²) in [6, 6.07) is 8.08. The van der Waals surface area contributed by atoms with E-state index in [2.05, 4.69) is 10.5 Å². The lowest BCUT2D eigenvalue weighted by Crippen LogP contribution is -2.48. The number of halogens is 1. The summed E-state index contributed by atoms with van der Waals surface area (Å²) in [5.41, 5.74) is 1.36. The topological polar surface area (TPSA) is 82.2 Å². The standard InChI is InChI=1S/C18H19FN4O2/c1-12-7-15(22-25-12)9-18(24)21-14-3-2-6-23(11-14)17-5-4-13(10-20)8-16(17)19/h4-5,7-8,14H,2-3,6,9,11H2,1H3,(H,21,24)/t14-/m1/s1. The number of nitrogens with one attached hydrogen (secondary N) is 1. The lowest BCUT2D eigenvalue weighted by atomic mass is 10.0. The third-order valence-electron chi connectivity index (χ3n) is 4.22. The second-order valence-corrected chi connectivity index (χ2v) is 6.24. The van der Waals surface area contributed by atoms with Gasteiger partial charge in [0.05, 0.1) is 29.4 Å². The first kappa shape index (κ1) is 17.0. The van der Waals surface area contributed by atoms with Crippen molar-refractivity contribution >= 4 is 11.6 Å². The molecule has 1 saturated heterocycles. The van der Waals surface area contributed by atoms with Gasteiger partial charge < -0.3 is 14.7 Å². The lowest BCUT2D eigenvalue weighted by Gasteiger charge is -2.35. The normalized spacial score (nSPS) is 17.2. The van der Waals surface area contributed by atoms with Crippen molar-refractivity contribution in [3.8, 4) is 6.07 Å². The van der Waals surface area contributed by atoms with Crippen molar-refractivity contribution in [1.82, 2.24) is 10.5 Å². The summed E-state index contributed by atoms with van der Waals surface area (Å²) in [5, 5.41) is 15.6. The molecule has 0 saturated carbocycles. The lowest BCUT2D eigenvalue weighted by molar-refractivity contribution is -0.121. The highest BCUT2D eigenvalue weighted by molar-refractivity contribution is 5.78. The highest BCUT2D eigenvalue weighted by atomic mass is 19.1. The highest BCUT2D eigenvalue weighted by Crippen LogP contribution is 2.24. The first-order valence-electron chi connectivity index (χ1n) is 8.21. The molecule has 1 aromatic carbocycles. The zero-order valence-electron chi connectivity index (χ0n) is 14.0. The first-order chi connectivity index (χ1) is 12.0. The van der Waals surface area contributed by atoms with E-state index < -0.39 is 5.82 Å². The number of nitrogens with zero attached hydrogens (tertiary/aromatic N) is 3. The van der Waals surface area contributed by atoms with E-state index in [1.54, 1.807) is 25.1 Å². The molecule has 0 unspecified atom stereocenters. The fourth-order valence-electron chi connectivity index (χ4n) is 3.09. The molecule has 3 rings (SSSR count). The molecule has 1 aliphatic heterocycles. The number of aromatic nitrogens is 1. The second-order valence-electron chi connectivity index (χ2n) is 6.24. The maximum atomic E-state index is 14.2. The Morgan fingerprint density at radius 2 is 2.36 bits per heavy atom. The van der Waals surface area contributed by atoms with Gasteiger partial charge in [-0.25, -0.2) is 4.39 Å². The van der Waals surface area contributed by atoms with Gasteiger partial charge in [-0.2, -0.15) is 5.26 Å². The third kappa shape index (κ3) is 4.15. The van der Waals surface area contributed by atoms with Crippen LogP contribution in [0.15, 0.2) is 28.8 Å². The Morgan fingerprint density at radius 1 is 1.52 bits per heavy atom. The third-order valence-corrected chi connectivity index (χ3v) is 4.22. The Morgan fingerprint density at radius 3 is 3.04 bits per heavy atom. The minimum Gasteiger partial charge on any atom is -0.367 e. The number of benzene rings is 1. The van der Waals surface area contributed by atoms with E-state index in [0.717, 1.165) is 19.4 Å². The average molecular weight is 342 g/mol. The molecule has 2 heterocycles. The van der Waals surface area contributed by atoms with Crippen LogP contribution >= 0.6 is 0 Å². The van der Waals surface area contributed by atoms with Gasteiger partial charge in [-0.1, -0.05) is 5.16 Å². The maximum Gasteiger partial charge on any atom is 0.226 e. The van der Waals surface area contributed by atoms with Gasteiger partial charge in [-0.3, -0.25) is 4.79 Å². The van der Waals surface area contributed by atoms with Crippen molar-refractivity contribution < 1.29 is 13.7 Å². The van der Waals surface area contributed by atoms with Crippen molar-refractivity contribution in [1.29, 1.82) is 5.26 Å². The van der Waals surface area contributed by atoms with E-state index in [4.69, 9.17) is 9.78 Å². The number of rotatable bonds is 4. The number of amides is 1. The van der Waals surface area contributed by atoms with E-state index in [0.29, 0.717) is 29.2 Å². The van der Waals surface area contributed by atoms with Crippen LogP contribution in [-0.4, -0.2) is 30.2 Å². The first-order valence-corrected chi connectivity index (χ1v) is 8.21. The van der Waals surface area contributed by atoms with Gasteiger partial charge in [0, 0.05) is 25.2 Å². The van der Waals surface area contributed by atoms with Crippen LogP contribution in [0.3, 0.4) is 0 Å². The molecule has 7 heteroatoms. The molecule has 0 radical (unpaired) electrons. The molecule has 2 aromatic rings. The number of carbonyl (C=O) groups is 1. The fraction of sp³-hybridized carbons (Fsp3) is 0.389. The Balaban J connectivity index is 1.61. The monoisotopic (exact) mass is 342 g/mol. The van der Waals surface area contributed by atoms with E-state index in [1.807, 2.05) is 11.0 Å². The van der Waals surface area contributed by atoms with Gasteiger partial charge >= 0.3 is 0 Å². The SMILES string of the molecule is Cc1cc(CC(=O)N[C@@H]2CCCN(c3ccc(C#N)cc3F)C2)no1. The van der Waals surface area contributed by atoms with Crippen LogP contribution in [-0.2, 0) is 11.2 Å². The Bertz CT molecular complexity index is 812. The van der Waals surface area contributed by atoms with Gasteiger partial charge in [0.2, 0.25) is 5.91 Å². The van der Waals surface area contributed by atoms with Crippen LogP contribution in [0.25, 0.3) is 0 Å². The molecule has 1 fully saturated rings. The van der Waals surface area contributed by atoms with Crippen LogP contribution in [0, 0.1) is 24.1 Å². The van der Waals surface area contributed by atoms with Crippen molar-refractivity contribution in [2.45, 2.75) is 32.2 Å². The van der Waals surface area contributed by atoms with Crippen molar-refractivity contribution in [2.24, 2.45) is 0 Å². The fourth-order valence-corrected chi connectivity index (χ4v) is 3.09. The minimum atomic E-state index is -0.413. The molecule has 130 valence electrons. The van der Waals surface area contributed by atoms with Crippen LogP contribution in [0.5, 0.6) is 0 Å². The molecule has 1 atom stereocenters. The van der Waals surface area contributed by atoms with E-state index in [-0.39, 0.29) is 18.4 Å². The van der Waals surface area contributed by atoms with Gasteiger partial charge in [0.15, 0.2) is 0 Å². The summed E-state index contributed by atoms with van der Waals surface area (Å²) in [7, 11) is 0. The molecule has 0 aliphatic carbocycles. The molecular formula is C18H19FN4O2. The molecule has 1 aliphatic rings. The Labute approximate surface area is 145 Å². The summed E-state index contributed by atoms with van der Waals surface area (Å²) in [4.78, 5) is 14.1. The summed E-state index contributed by atoms with van der Waals surface area (Å²) < 4.78 is 19.2. The number of hydrogen-bond acceptors (Lipinski definition) is 5. The van der Waals surface area contributed by atoms with Gasteiger partial charge in [0.1, 0.15) is 11.6 Å².